The van der Waals surface area contributed by atoms with Gasteiger partial charge in [0.05, 0.1) is 11.8 Å². The number of carbonyl (C=O) groups is 2. The third kappa shape index (κ3) is 6.01. The molecule has 6 heteroatoms. The Balaban J connectivity index is 0.00000576. The largest absolute Gasteiger partial charge is 0.343 e. The molecule has 1 aromatic rings. The van der Waals surface area contributed by atoms with Crippen LogP contribution in [0.3, 0.4) is 0 Å². The minimum Gasteiger partial charge on any atom is -0.343 e. The van der Waals surface area contributed by atoms with Gasteiger partial charge in [-0.1, -0.05) is 26.0 Å². The van der Waals surface area contributed by atoms with Crippen LogP contribution >= 0.6 is 12.4 Å². The van der Waals surface area contributed by atoms with Gasteiger partial charge >= 0.3 is 0 Å². The van der Waals surface area contributed by atoms with Crippen LogP contribution in [0.15, 0.2) is 24.3 Å². The quantitative estimate of drug-likeness (QED) is 0.701. The molecule has 0 unspecified atom stereocenters. The van der Waals surface area contributed by atoms with Crippen LogP contribution in [0.1, 0.15) is 46.1 Å². The van der Waals surface area contributed by atoms with E-state index in [1.807, 2.05) is 56.9 Å². The van der Waals surface area contributed by atoms with Crippen LogP contribution in [-0.4, -0.2) is 36.3 Å². The highest BCUT2D eigenvalue weighted by Gasteiger charge is 2.33. The van der Waals surface area contributed by atoms with Crippen molar-refractivity contribution in [1.29, 1.82) is 0 Å². The predicted octanol–water partition coefficient (Wildman–Crippen LogP) is 3.22. The molecule has 0 heterocycles. The van der Waals surface area contributed by atoms with E-state index in [0.717, 1.165) is 24.3 Å². The van der Waals surface area contributed by atoms with Gasteiger partial charge in [0.15, 0.2) is 0 Å². The summed E-state index contributed by atoms with van der Waals surface area (Å²) < 4.78 is 0. The van der Waals surface area contributed by atoms with Crippen molar-refractivity contribution in [3.63, 3.8) is 0 Å². The van der Waals surface area contributed by atoms with E-state index in [-0.39, 0.29) is 24.2 Å². The SMILES string of the molecule is CCN(CC)C(=O)Cc1ccc(NC(=O)C(CC)(CC)CN)cc1.Cl. The van der Waals surface area contributed by atoms with Crippen LogP contribution in [0.2, 0.25) is 0 Å². The molecule has 1 rings (SSSR count). The fourth-order valence-corrected chi connectivity index (χ4v) is 2.78. The lowest BCUT2D eigenvalue weighted by Crippen LogP contribution is -2.41. The zero-order chi connectivity index (χ0) is 18.2. The van der Waals surface area contributed by atoms with E-state index >= 15 is 0 Å². The summed E-state index contributed by atoms with van der Waals surface area (Å²) in [6.07, 6.45) is 1.80. The molecule has 0 aliphatic heterocycles. The molecule has 0 atom stereocenters. The second kappa shape index (κ2) is 11.1. The molecule has 5 nitrogen and oxygen atoms in total. The average molecular weight is 370 g/mol. The van der Waals surface area contributed by atoms with Crippen molar-refractivity contribution >= 4 is 29.9 Å². The van der Waals surface area contributed by atoms with Crippen molar-refractivity contribution in [3.8, 4) is 0 Å². The number of hydrogen-bond donors (Lipinski definition) is 2. The maximum atomic E-state index is 12.5. The minimum absolute atomic E-state index is 0. The number of hydrogen-bond acceptors (Lipinski definition) is 3. The molecule has 2 amide bonds. The highest BCUT2D eigenvalue weighted by Crippen LogP contribution is 2.27. The second-order valence-electron chi connectivity index (χ2n) is 6.09. The summed E-state index contributed by atoms with van der Waals surface area (Å²) in [7, 11) is 0. The number of anilines is 1. The van der Waals surface area contributed by atoms with Gasteiger partial charge in [-0.15, -0.1) is 12.4 Å². The fraction of sp³-hybridized carbons (Fsp3) is 0.579. The molecule has 0 aliphatic carbocycles. The summed E-state index contributed by atoms with van der Waals surface area (Å²) in [5.41, 5.74) is 6.98. The van der Waals surface area contributed by atoms with Crippen molar-refractivity contribution in [2.75, 3.05) is 25.0 Å². The first-order valence-corrected chi connectivity index (χ1v) is 8.84. The Labute approximate surface area is 157 Å². The molecule has 0 bridgehead atoms. The van der Waals surface area contributed by atoms with E-state index < -0.39 is 5.41 Å². The van der Waals surface area contributed by atoms with Gasteiger partial charge in [0.1, 0.15) is 0 Å². The number of nitrogens with zero attached hydrogens (tertiary/aromatic N) is 1. The highest BCUT2D eigenvalue weighted by molar-refractivity contribution is 5.95. The number of halogens is 1. The lowest BCUT2D eigenvalue weighted by atomic mass is 9.81. The molecular formula is C19H32ClN3O2. The van der Waals surface area contributed by atoms with E-state index in [4.69, 9.17) is 5.73 Å². The Morgan fingerprint density at radius 1 is 1.04 bits per heavy atom. The smallest absolute Gasteiger partial charge is 0.231 e. The van der Waals surface area contributed by atoms with E-state index in [9.17, 15) is 9.59 Å². The first kappa shape index (κ1) is 23.4. The lowest BCUT2D eigenvalue weighted by molar-refractivity contribution is -0.130. The highest BCUT2D eigenvalue weighted by atomic mass is 35.5. The summed E-state index contributed by atoms with van der Waals surface area (Å²) in [6, 6.07) is 7.46. The Morgan fingerprint density at radius 3 is 1.96 bits per heavy atom. The zero-order valence-electron chi connectivity index (χ0n) is 15.8. The van der Waals surface area contributed by atoms with Crippen LogP contribution < -0.4 is 11.1 Å². The van der Waals surface area contributed by atoms with Gasteiger partial charge in [0.25, 0.3) is 0 Å². The maximum absolute atomic E-state index is 12.5. The van der Waals surface area contributed by atoms with Crippen molar-refractivity contribution in [3.05, 3.63) is 29.8 Å². The first-order valence-electron chi connectivity index (χ1n) is 8.84. The molecule has 0 aliphatic rings. The van der Waals surface area contributed by atoms with E-state index in [0.29, 0.717) is 25.8 Å². The fourth-order valence-electron chi connectivity index (χ4n) is 2.78. The number of amides is 2. The van der Waals surface area contributed by atoms with E-state index in [1.165, 1.54) is 0 Å². The summed E-state index contributed by atoms with van der Waals surface area (Å²) >= 11 is 0. The topological polar surface area (TPSA) is 75.4 Å². The zero-order valence-corrected chi connectivity index (χ0v) is 16.6. The van der Waals surface area contributed by atoms with E-state index in [1.54, 1.807) is 0 Å². The number of rotatable bonds is 9. The Morgan fingerprint density at radius 2 is 1.56 bits per heavy atom. The van der Waals surface area contributed by atoms with Crippen molar-refractivity contribution in [2.45, 2.75) is 47.0 Å². The summed E-state index contributed by atoms with van der Waals surface area (Å²) in [5.74, 6) is 0.0814. The standard InChI is InChI=1S/C19H31N3O2.ClH/c1-5-19(6-2,14-20)18(24)21-16-11-9-15(10-12-16)13-17(23)22(7-3)8-4;/h9-12H,5-8,13-14,20H2,1-4H3,(H,21,24);1H. The number of nitrogens with one attached hydrogen (secondary N) is 1. The molecule has 3 N–H and O–H groups in total. The van der Waals surface area contributed by atoms with Crippen molar-refractivity contribution in [2.24, 2.45) is 11.1 Å². The molecule has 25 heavy (non-hydrogen) atoms. The molecule has 0 saturated heterocycles. The first-order chi connectivity index (χ1) is 11.5. The van der Waals surface area contributed by atoms with Gasteiger partial charge in [0.2, 0.25) is 11.8 Å². The third-order valence-electron chi connectivity index (χ3n) is 4.91. The molecule has 142 valence electrons. The van der Waals surface area contributed by atoms with Crippen LogP contribution in [0, 0.1) is 5.41 Å². The second-order valence-corrected chi connectivity index (χ2v) is 6.09. The summed E-state index contributed by atoms with van der Waals surface area (Å²) in [5, 5.41) is 2.95. The maximum Gasteiger partial charge on any atom is 0.231 e. The minimum atomic E-state index is -0.516. The van der Waals surface area contributed by atoms with Gasteiger partial charge < -0.3 is 16.0 Å². The lowest BCUT2D eigenvalue weighted by Gasteiger charge is -2.28. The Hall–Kier alpha value is -1.59. The normalized spacial score (nSPS) is 10.8. The molecule has 0 spiro atoms. The number of benzene rings is 1. The predicted molar refractivity (Wildman–Crippen MR) is 106 cm³/mol. The molecule has 0 radical (unpaired) electrons. The average Bonchev–Trinajstić information content (AvgIpc) is 2.60. The third-order valence-corrected chi connectivity index (χ3v) is 4.91. The van der Waals surface area contributed by atoms with Crippen LogP contribution in [0.25, 0.3) is 0 Å². The van der Waals surface area contributed by atoms with Gasteiger partial charge in [-0.3, -0.25) is 9.59 Å². The monoisotopic (exact) mass is 369 g/mol. The van der Waals surface area contributed by atoms with Gasteiger partial charge in [-0.25, -0.2) is 0 Å². The number of carbonyl (C=O) groups excluding carboxylic acids is 2. The van der Waals surface area contributed by atoms with Gasteiger partial charge in [0, 0.05) is 25.3 Å². The van der Waals surface area contributed by atoms with Gasteiger partial charge in [-0.05, 0) is 44.4 Å². The molecule has 0 aromatic heterocycles. The van der Waals surface area contributed by atoms with Crippen molar-refractivity contribution in [1.82, 2.24) is 4.90 Å². The molecule has 0 saturated carbocycles. The summed E-state index contributed by atoms with van der Waals surface area (Å²) in [4.78, 5) is 26.4. The molecule has 0 fully saturated rings. The molecule has 1 aromatic carbocycles. The Kier molecular flexibility index (Phi) is 10.4. The van der Waals surface area contributed by atoms with Crippen molar-refractivity contribution < 1.29 is 9.59 Å². The number of nitrogens with two attached hydrogens (primary N) is 1. The van der Waals surface area contributed by atoms with Gasteiger partial charge in [-0.2, -0.15) is 0 Å². The Bertz CT molecular complexity index is 530. The van der Waals surface area contributed by atoms with E-state index in [2.05, 4.69) is 5.32 Å². The van der Waals surface area contributed by atoms with Crippen LogP contribution in [0.4, 0.5) is 5.69 Å². The molecular weight excluding hydrogens is 338 g/mol. The summed E-state index contributed by atoms with van der Waals surface area (Å²) in [6.45, 7) is 9.70. The van der Waals surface area contributed by atoms with Crippen LogP contribution in [-0.2, 0) is 16.0 Å². The number of likely N-dealkylation sites (N-methyl/N-ethyl adjacent to an activating group) is 1. The van der Waals surface area contributed by atoms with Crippen LogP contribution in [0.5, 0.6) is 0 Å².